The standard InChI is InChI=1S/C30H35BClFO4/c1-4-36-21-30(2,29(34)37-20-23-8-6-5-7-9-23)18-24(19-31(3)35)16-22-10-12-25(13-11-22)27-17-26(32)14-15-28(27)33/h5-15,17,24,35H,4,16,18-21H2,1-3H3/t24-,30+/m1/s1. The highest BCUT2D eigenvalue weighted by Gasteiger charge is 2.38. The van der Waals surface area contributed by atoms with Crippen LogP contribution in [0, 0.1) is 17.2 Å². The third kappa shape index (κ3) is 8.70. The predicted molar refractivity (Wildman–Crippen MR) is 148 cm³/mol. The molecule has 2 atom stereocenters. The molecular formula is C30H35BClFO4. The quantitative estimate of drug-likeness (QED) is 0.191. The molecule has 0 spiro atoms. The first-order valence-electron chi connectivity index (χ1n) is 12.7. The molecule has 0 saturated heterocycles. The number of hydrogen-bond donors (Lipinski definition) is 1. The Kier molecular flexibility index (Phi) is 10.7. The maximum absolute atomic E-state index is 14.3. The van der Waals surface area contributed by atoms with Crippen molar-refractivity contribution in [2.75, 3.05) is 13.2 Å². The minimum atomic E-state index is -0.867. The van der Waals surface area contributed by atoms with Crippen LogP contribution < -0.4 is 0 Å². The lowest BCUT2D eigenvalue weighted by molar-refractivity contribution is -0.161. The first-order chi connectivity index (χ1) is 17.7. The Morgan fingerprint density at radius 1 is 1.08 bits per heavy atom. The molecule has 0 aliphatic rings. The highest BCUT2D eigenvalue weighted by atomic mass is 35.5. The fourth-order valence-corrected chi connectivity index (χ4v) is 4.83. The van der Waals surface area contributed by atoms with Crippen molar-refractivity contribution < 1.29 is 23.7 Å². The minimum Gasteiger partial charge on any atom is -0.460 e. The summed E-state index contributed by atoms with van der Waals surface area (Å²) >= 11 is 6.06. The summed E-state index contributed by atoms with van der Waals surface area (Å²) in [5, 5.41) is 10.7. The number of carbonyl (C=O) groups is 1. The van der Waals surface area contributed by atoms with Crippen LogP contribution in [0.2, 0.25) is 18.2 Å². The molecule has 4 nitrogen and oxygen atoms in total. The zero-order chi connectivity index (χ0) is 26.8. The maximum Gasteiger partial charge on any atom is 0.314 e. The van der Waals surface area contributed by atoms with Gasteiger partial charge in [-0.1, -0.05) is 73.0 Å². The summed E-state index contributed by atoms with van der Waals surface area (Å²) in [5.74, 6) is -0.638. The molecule has 0 fully saturated rings. The van der Waals surface area contributed by atoms with E-state index < -0.39 is 12.3 Å². The van der Waals surface area contributed by atoms with E-state index in [1.54, 1.807) is 12.9 Å². The van der Waals surface area contributed by atoms with Gasteiger partial charge in [-0.15, -0.1) is 0 Å². The molecule has 0 saturated carbocycles. The zero-order valence-electron chi connectivity index (χ0n) is 21.8. The molecule has 0 aromatic heterocycles. The summed E-state index contributed by atoms with van der Waals surface area (Å²) in [6, 6.07) is 21.7. The van der Waals surface area contributed by atoms with Crippen LogP contribution in [0.15, 0.2) is 72.8 Å². The number of esters is 1. The zero-order valence-corrected chi connectivity index (χ0v) is 22.5. The normalized spacial score (nSPS) is 13.6. The smallest absolute Gasteiger partial charge is 0.314 e. The Balaban J connectivity index is 1.75. The second-order valence-electron chi connectivity index (χ2n) is 9.94. The van der Waals surface area contributed by atoms with E-state index in [1.807, 2.05) is 68.4 Å². The number of benzene rings is 3. The van der Waals surface area contributed by atoms with Crippen LogP contribution in [-0.2, 0) is 27.3 Å². The molecule has 3 aromatic carbocycles. The maximum atomic E-state index is 14.3. The van der Waals surface area contributed by atoms with Gasteiger partial charge in [0, 0.05) is 17.2 Å². The van der Waals surface area contributed by atoms with Crippen molar-refractivity contribution >= 4 is 24.5 Å². The molecule has 7 heteroatoms. The number of carbonyl (C=O) groups excluding carboxylic acids is 1. The van der Waals surface area contributed by atoms with E-state index >= 15 is 0 Å². The summed E-state index contributed by atoms with van der Waals surface area (Å²) in [7, 11) is 0. The van der Waals surface area contributed by atoms with E-state index in [0.29, 0.717) is 36.4 Å². The average molecular weight is 525 g/mol. The Hall–Kier alpha value is -2.67. The molecule has 3 rings (SSSR count). The predicted octanol–water partition coefficient (Wildman–Crippen LogP) is 7.09. The number of halogens is 2. The van der Waals surface area contributed by atoms with Gasteiger partial charge in [-0.2, -0.15) is 0 Å². The van der Waals surface area contributed by atoms with Crippen molar-refractivity contribution in [3.63, 3.8) is 0 Å². The fourth-order valence-electron chi connectivity index (χ4n) is 4.66. The van der Waals surface area contributed by atoms with Gasteiger partial charge in [0.15, 0.2) is 0 Å². The van der Waals surface area contributed by atoms with Gasteiger partial charge in [0.05, 0.1) is 12.0 Å². The fraction of sp³-hybridized carbons (Fsp3) is 0.367. The Morgan fingerprint density at radius 3 is 2.43 bits per heavy atom. The molecule has 0 amide bonds. The minimum absolute atomic E-state index is 0.00323. The van der Waals surface area contributed by atoms with Gasteiger partial charge < -0.3 is 14.5 Å². The van der Waals surface area contributed by atoms with Gasteiger partial charge in [0.2, 0.25) is 0 Å². The van der Waals surface area contributed by atoms with Gasteiger partial charge in [-0.05, 0) is 73.8 Å². The molecule has 196 valence electrons. The van der Waals surface area contributed by atoms with Crippen LogP contribution in [0.4, 0.5) is 4.39 Å². The van der Waals surface area contributed by atoms with Crippen LogP contribution in [-0.4, -0.2) is 31.1 Å². The molecule has 0 unspecified atom stereocenters. The first kappa shape index (κ1) is 28.9. The third-order valence-corrected chi connectivity index (χ3v) is 6.70. The van der Waals surface area contributed by atoms with Crippen molar-refractivity contribution in [3.05, 3.63) is 94.8 Å². The highest BCUT2D eigenvalue weighted by Crippen LogP contribution is 2.34. The first-order valence-corrected chi connectivity index (χ1v) is 13.1. The molecule has 0 radical (unpaired) electrons. The summed E-state index contributed by atoms with van der Waals surface area (Å²) in [6.45, 7) is 5.92. The lowest BCUT2D eigenvalue weighted by Crippen LogP contribution is -2.37. The molecule has 0 bridgehead atoms. The van der Waals surface area contributed by atoms with E-state index in [1.165, 1.54) is 12.1 Å². The Labute approximate surface area is 224 Å². The second-order valence-corrected chi connectivity index (χ2v) is 10.4. The summed E-state index contributed by atoms with van der Waals surface area (Å²) in [4.78, 5) is 13.3. The molecule has 0 aliphatic carbocycles. The van der Waals surface area contributed by atoms with E-state index in [0.717, 1.165) is 16.7 Å². The van der Waals surface area contributed by atoms with Crippen LogP contribution in [0.25, 0.3) is 11.1 Å². The van der Waals surface area contributed by atoms with Crippen molar-refractivity contribution in [1.29, 1.82) is 0 Å². The van der Waals surface area contributed by atoms with Gasteiger partial charge in [0.25, 0.3) is 6.92 Å². The molecule has 3 aromatic rings. The van der Waals surface area contributed by atoms with Crippen LogP contribution >= 0.6 is 11.6 Å². The van der Waals surface area contributed by atoms with Crippen LogP contribution in [0.1, 0.15) is 31.4 Å². The SMILES string of the molecule is CCOC[C@](C)(C[C@H](CB(C)O)Cc1ccc(-c2cc(Cl)ccc2F)cc1)C(=O)OCc1ccccc1. The van der Waals surface area contributed by atoms with Crippen molar-refractivity contribution in [2.45, 2.75) is 46.4 Å². The van der Waals surface area contributed by atoms with Crippen LogP contribution in [0.3, 0.4) is 0 Å². The van der Waals surface area contributed by atoms with E-state index in [2.05, 4.69) is 0 Å². The highest BCUT2D eigenvalue weighted by molar-refractivity contribution is 6.48. The second kappa shape index (κ2) is 13.8. The van der Waals surface area contributed by atoms with Crippen molar-refractivity contribution in [1.82, 2.24) is 0 Å². The topological polar surface area (TPSA) is 55.8 Å². The van der Waals surface area contributed by atoms with E-state index in [4.69, 9.17) is 21.1 Å². The molecule has 37 heavy (non-hydrogen) atoms. The third-order valence-electron chi connectivity index (χ3n) is 6.46. The van der Waals surface area contributed by atoms with Gasteiger partial charge >= 0.3 is 5.97 Å². The number of hydrogen-bond acceptors (Lipinski definition) is 4. The van der Waals surface area contributed by atoms with Gasteiger partial charge in [0.1, 0.15) is 12.4 Å². The van der Waals surface area contributed by atoms with Crippen molar-refractivity contribution in [3.8, 4) is 11.1 Å². The largest absolute Gasteiger partial charge is 0.460 e. The van der Waals surface area contributed by atoms with Crippen LogP contribution in [0.5, 0.6) is 0 Å². The molecular weight excluding hydrogens is 490 g/mol. The van der Waals surface area contributed by atoms with Gasteiger partial charge in [-0.3, -0.25) is 4.79 Å². The lowest BCUT2D eigenvalue weighted by atomic mass is 9.60. The van der Waals surface area contributed by atoms with Crippen molar-refractivity contribution in [2.24, 2.45) is 11.3 Å². The Bertz CT molecular complexity index is 1140. The number of ether oxygens (including phenoxy) is 2. The van der Waals surface area contributed by atoms with Gasteiger partial charge in [-0.25, -0.2) is 4.39 Å². The molecule has 1 N–H and O–H groups in total. The summed E-state index contributed by atoms with van der Waals surface area (Å²) in [6.07, 6.45) is 1.67. The van der Waals surface area contributed by atoms with E-state index in [-0.39, 0.29) is 30.9 Å². The summed E-state index contributed by atoms with van der Waals surface area (Å²) < 4.78 is 25.7. The summed E-state index contributed by atoms with van der Waals surface area (Å²) in [5.41, 5.74) is 2.28. The van der Waals surface area contributed by atoms with E-state index in [9.17, 15) is 14.2 Å². The average Bonchev–Trinajstić information content (AvgIpc) is 2.88. The lowest BCUT2D eigenvalue weighted by Gasteiger charge is -2.31. The number of rotatable bonds is 13. The Morgan fingerprint density at radius 2 is 1.78 bits per heavy atom. The molecule has 0 aliphatic heterocycles. The monoisotopic (exact) mass is 524 g/mol. The molecule has 0 heterocycles.